The van der Waals surface area contributed by atoms with E-state index >= 15 is 0 Å². The smallest absolute Gasteiger partial charge is 0.338 e. The highest BCUT2D eigenvalue weighted by Crippen LogP contribution is 2.38. The van der Waals surface area contributed by atoms with Gasteiger partial charge in [-0.2, -0.15) is 0 Å². The van der Waals surface area contributed by atoms with Crippen LogP contribution in [0.1, 0.15) is 36.7 Å². The van der Waals surface area contributed by atoms with E-state index < -0.39 is 17.8 Å². The van der Waals surface area contributed by atoms with E-state index in [-0.39, 0.29) is 16.7 Å². The van der Waals surface area contributed by atoms with Crippen LogP contribution < -0.4 is 10.2 Å². The monoisotopic (exact) mass is 520 g/mol. The number of rotatable bonds is 8. The van der Waals surface area contributed by atoms with Crippen molar-refractivity contribution >= 4 is 52.5 Å². The maximum absolute atomic E-state index is 13.5. The molecule has 0 atom stereocenters. The van der Waals surface area contributed by atoms with Crippen molar-refractivity contribution in [3.8, 4) is 0 Å². The van der Waals surface area contributed by atoms with Crippen LogP contribution in [0.3, 0.4) is 0 Å². The summed E-state index contributed by atoms with van der Waals surface area (Å²) in [7, 11) is 0. The van der Waals surface area contributed by atoms with Crippen LogP contribution in [0, 0.1) is 0 Å². The van der Waals surface area contributed by atoms with Gasteiger partial charge in [0.2, 0.25) is 0 Å². The van der Waals surface area contributed by atoms with Crippen molar-refractivity contribution in [2.75, 3.05) is 10.2 Å². The molecule has 6 nitrogen and oxygen atoms in total. The molecule has 0 fully saturated rings. The van der Waals surface area contributed by atoms with Crippen molar-refractivity contribution in [2.45, 2.75) is 38.2 Å². The van der Waals surface area contributed by atoms with Crippen LogP contribution in [-0.2, 0) is 20.7 Å². The second kappa shape index (κ2) is 11.0. The van der Waals surface area contributed by atoms with Crippen molar-refractivity contribution in [3.05, 3.63) is 99.5 Å². The summed E-state index contributed by atoms with van der Waals surface area (Å²) in [5.41, 5.74) is 2.75. The first-order valence-electron chi connectivity index (χ1n) is 11.5. The first kappa shape index (κ1) is 25.5. The normalized spacial score (nSPS) is 13.5. The predicted octanol–water partition coefficient (Wildman–Crippen LogP) is 6.46. The topological polar surface area (TPSA) is 75.7 Å². The number of imide groups is 1. The predicted molar refractivity (Wildman–Crippen MR) is 143 cm³/mol. The van der Waals surface area contributed by atoms with Crippen LogP contribution >= 0.6 is 23.4 Å². The van der Waals surface area contributed by atoms with Gasteiger partial charge in [0.25, 0.3) is 11.8 Å². The molecule has 0 saturated carbocycles. The summed E-state index contributed by atoms with van der Waals surface area (Å²) in [5.74, 6) is -1.40. The van der Waals surface area contributed by atoms with E-state index in [1.54, 1.807) is 62.4 Å². The van der Waals surface area contributed by atoms with Gasteiger partial charge < -0.3 is 10.1 Å². The number of benzene rings is 3. The summed E-state index contributed by atoms with van der Waals surface area (Å²) < 4.78 is 5.22. The number of carbonyl (C=O) groups excluding carboxylic acids is 3. The minimum Gasteiger partial charge on any atom is -0.459 e. The Kier molecular flexibility index (Phi) is 7.82. The SMILES string of the molecule is CCc1ccc(NC2=C(Sc3ccc(Cl)cc3)C(=O)N(c3ccc(C(=O)OC(C)C)cc3)C2=O)cc1. The third kappa shape index (κ3) is 5.64. The number of carbonyl (C=O) groups is 3. The molecule has 0 bridgehead atoms. The molecule has 3 aromatic carbocycles. The lowest BCUT2D eigenvalue weighted by atomic mass is 10.1. The molecule has 8 heteroatoms. The Balaban J connectivity index is 1.66. The Bertz CT molecular complexity index is 1320. The molecule has 0 aliphatic carbocycles. The van der Waals surface area contributed by atoms with Crippen molar-refractivity contribution in [1.29, 1.82) is 0 Å². The third-order valence-electron chi connectivity index (χ3n) is 5.41. The minimum atomic E-state index is -0.478. The van der Waals surface area contributed by atoms with E-state index in [1.165, 1.54) is 11.8 Å². The van der Waals surface area contributed by atoms with Gasteiger partial charge in [-0.1, -0.05) is 42.4 Å². The number of nitrogens with zero attached hydrogens (tertiary/aromatic N) is 1. The van der Waals surface area contributed by atoms with E-state index in [9.17, 15) is 14.4 Å². The second-order valence-electron chi connectivity index (χ2n) is 8.38. The zero-order valence-corrected chi connectivity index (χ0v) is 21.7. The van der Waals surface area contributed by atoms with Crippen LogP contribution in [0.15, 0.2) is 88.3 Å². The van der Waals surface area contributed by atoms with Gasteiger partial charge in [0.1, 0.15) is 10.6 Å². The molecule has 184 valence electrons. The molecule has 0 unspecified atom stereocenters. The molecule has 1 aliphatic rings. The number of amides is 2. The van der Waals surface area contributed by atoms with Gasteiger partial charge >= 0.3 is 5.97 Å². The molecular weight excluding hydrogens is 496 g/mol. The molecule has 1 heterocycles. The van der Waals surface area contributed by atoms with Gasteiger partial charge in [0.15, 0.2) is 0 Å². The Hall–Kier alpha value is -3.55. The van der Waals surface area contributed by atoms with E-state index in [4.69, 9.17) is 16.3 Å². The lowest BCUT2D eigenvalue weighted by Gasteiger charge is -2.16. The highest BCUT2D eigenvalue weighted by Gasteiger charge is 2.40. The minimum absolute atomic E-state index is 0.187. The number of hydrogen-bond donors (Lipinski definition) is 1. The van der Waals surface area contributed by atoms with E-state index in [1.807, 2.05) is 24.3 Å². The standard InChI is InChI=1S/C28H25ClN2O4S/c1-4-18-5-11-21(12-6-18)30-24-25(36-23-15-9-20(29)10-16-23)27(33)31(26(24)32)22-13-7-19(8-14-22)28(34)35-17(2)3/h5-17,30H,4H2,1-3H3. The largest absolute Gasteiger partial charge is 0.459 e. The first-order valence-corrected chi connectivity index (χ1v) is 12.7. The maximum Gasteiger partial charge on any atom is 0.338 e. The highest BCUT2D eigenvalue weighted by molar-refractivity contribution is 8.04. The molecule has 1 N–H and O–H groups in total. The van der Waals surface area contributed by atoms with Gasteiger partial charge in [0, 0.05) is 15.6 Å². The molecule has 0 radical (unpaired) electrons. The summed E-state index contributed by atoms with van der Waals surface area (Å²) in [6.07, 6.45) is 0.641. The molecule has 2 amide bonds. The summed E-state index contributed by atoms with van der Waals surface area (Å²) in [6, 6.07) is 21.0. The fourth-order valence-electron chi connectivity index (χ4n) is 3.57. The molecular formula is C28H25ClN2O4S. The lowest BCUT2D eigenvalue weighted by molar-refractivity contribution is -0.120. The average Bonchev–Trinajstić information content (AvgIpc) is 3.09. The molecule has 1 aliphatic heterocycles. The van der Waals surface area contributed by atoms with Gasteiger partial charge in [0.05, 0.1) is 17.4 Å². The quantitative estimate of drug-likeness (QED) is 0.271. The second-order valence-corrected chi connectivity index (χ2v) is 9.90. The van der Waals surface area contributed by atoms with Crippen molar-refractivity contribution in [1.82, 2.24) is 0 Å². The molecule has 36 heavy (non-hydrogen) atoms. The van der Waals surface area contributed by atoms with Gasteiger partial charge in [-0.05, 0) is 86.5 Å². The lowest BCUT2D eigenvalue weighted by Crippen LogP contribution is -2.32. The Labute approximate surface area is 219 Å². The molecule has 4 rings (SSSR count). The fourth-order valence-corrected chi connectivity index (χ4v) is 4.62. The number of ether oxygens (including phenoxy) is 1. The van der Waals surface area contributed by atoms with Crippen LogP contribution in [0.5, 0.6) is 0 Å². The molecule has 0 saturated heterocycles. The number of aryl methyl sites for hydroxylation is 1. The van der Waals surface area contributed by atoms with Crippen molar-refractivity contribution in [3.63, 3.8) is 0 Å². The molecule has 3 aromatic rings. The van der Waals surface area contributed by atoms with Crippen LogP contribution in [0.25, 0.3) is 0 Å². The number of halogens is 1. The average molecular weight is 521 g/mol. The Morgan fingerprint density at radius 2 is 1.58 bits per heavy atom. The number of anilines is 2. The van der Waals surface area contributed by atoms with E-state index in [0.717, 1.165) is 21.8 Å². The summed E-state index contributed by atoms with van der Waals surface area (Å²) >= 11 is 7.20. The fraction of sp³-hybridized carbons (Fsp3) is 0.179. The van der Waals surface area contributed by atoms with Crippen LogP contribution in [-0.4, -0.2) is 23.9 Å². The summed E-state index contributed by atoms with van der Waals surface area (Å²) in [6.45, 7) is 5.60. The summed E-state index contributed by atoms with van der Waals surface area (Å²) in [5, 5.41) is 3.73. The van der Waals surface area contributed by atoms with Gasteiger partial charge in [-0.15, -0.1) is 0 Å². The number of esters is 1. The van der Waals surface area contributed by atoms with Gasteiger partial charge in [-0.3, -0.25) is 9.59 Å². The number of hydrogen-bond acceptors (Lipinski definition) is 6. The summed E-state index contributed by atoms with van der Waals surface area (Å²) in [4.78, 5) is 41.4. The third-order valence-corrected chi connectivity index (χ3v) is 6.75. The first-order chi connectivity index (χ1) is 17.3. The maximum atomic E-state index is 13.5. The molecule has 0 aromatic heterocycles. The molecule has 0 spiro atoms. The van der Waals surface area contributed by atoms with Crippen molar-refractivity contribution < 1.29 is 19.1 Å². The Morgan fingerprint density at radius 3 is 2.17 bits per heavy atom. The number of thioether (sulfide) groups is 1. The van der Waals surface area contributed by atoms with E-state index in [0.29, 0.717) is 22.0 Å². The van der Waals surface area contributed by atoms with Gasteiger partial charge in [-0.25, -0.2) is 9.69 Å². The Morgan fingerprint density at radius 1 is 0.944 bits per heavy atom. The van der Waals surface area contributed by atoms with Crippen molar-refractivity contribution in [2.24, 2.45) is 0 Å². The van der Waals surface area contributed by atoms with E-state index in [2.05, 4.69) is 12.2 Å². The zero-order valence-electron chi connectivity index (χ0n) is 20.1. The highest BCUT2D eigenvalue weighted by atomic mass is 35.5. The number of nitrogens with one attached hydrogen (secondary N) is 1. The van der Waals surface area contributed by atoms with Crippen LogP contribution in [0.2, 0.25) is 5.02 Å². The van der Waals surface area contributed by atoms with Crippen LogP contribution in [0.4, 0.5) is 11.4 Å². The zero-order chi connectivity index (χ0) is 25.8.